The zero-order valence-electron chi connectivity index (χ0n) is 18.0. The number of carbonyl (C=O) groups excluding carboxylic acids is 2. The first-order valence-electron chi connectivity index (χ1n) is 9.40. The van der Waals surface area contributed by atoms with Crippen LogP contribution in [-0.4, -0.2) is 56.7 Å². The van der Waals surface area contributed by atoms with Gasteiger partial charge in [0.05, 0.1) is 13.2 Å². The first-order chi connectivity index (χ1) is 11.7. The largest absolute Gasteiger partial charge is 0.469 e. The standard InChI is InChI=1S/C19H37NO5Si/c1-18(2,3)24-17(22)20-13-15(25-26(8,9)19(4,5)6)12-14(20)10-11-16(21)23-7/h14-15H,10-13H2,1-9H3/t14-,15-/m1/s1. The van der Waals surface area contributed by atoms with Gasteiger partial charge in [0.15, 0.2) is 8.32 Å². The van der Waals surface area contributed by atoms with Crippen LogP contribution in [0.2, 0.25) is 18.1 Å². The third-order valence-electron chi connectivity index (χ3n) is 5.18. The molecule has 0 bridgehead atoms. The third-order valence-corrected chi connectivity index (χ3v) is 9.72. The Balaban J connectivity index is 2.87. The van der Waals surface area contributed by atoms with Crippen molar-refractivity contribution in [2.24, 2.45) is 0 Å². The summed E-state index contributed by atoms with van der Waals surface area (Å²) < 4.78 is 16.8. The summed E-state index contributed by atoms with van der Waals surface area (Å²) >= 11 is 0. The fraction of sp³-hybridized carbons (Fsp3) is 0.895. The molecule has 0 saturated carbocycles. The molecule has 6 nitrogen and oxygen atoms in total. The normalized spacial score (nSPS) is 21.7. The number of ether oxygens (including phenoxy) is 2. The lowest BCUT2D eigenvalue weighted by molar-refractivity contribution is -0.141. The van der Waals surface area contributed by atoms with E-state index in [1.807, 2.05) is 20.8 Å². The molecule has 152 valence electrons. The maximum atomic E-state index is 12.6. The van der Waals surface area contributed by atoms with E-state index < -0.39 is 13.9 Å². The van der Waals surface area contributed by atoms with Gasteiger partial charge >= 0.3 is 12.1 Å². The summed E-state index contributed by atoms with van der Waals surface area (Å²) in [7, 11) is -0.552. The van der Waals surface area contributed by atoms with Gasteiger partial charge in [-0.25, -0.2) is 4.79 Å². The zero-order chi connectivity index (χ0) is 20.3. The second kappa shape index (κ2) is 8.29. The zero-order valence-corrected chi connectivity index (χ0v) is 19.0. The molecule has 0 aliphatic carbocycles. The molecule has 1 heterocycles. The first-order valence-corrected chi connectivity index (χ1v) is 12.3. The maximum absolute atomic E-state index is 12.6. The molecule has 7 heteroatoms. The van der Waals surface area contributed by atoms with Gasteiger partial charge in [0.2, 0.25) is 0 Å². The van der Waals surface area contributed by atoms with Gasteiger partial charge in [0, 0.05) is 19.0 Å². The highest BCUT2D eigenvalue weighted by molar-refractivity contribution is 6.74. The van der Waals surface area contributed by atoms with Crippen LogP contribution in [-0.2, 0) is 18.7 Å². The number of amides is 1. The number of esters is 1. The highest BCUT2D eigenvalue weighted by atomic mass is 28.4. The topological polar surface area (TPSA) is 65.1 Å². The van der Waals surface area contributed by atoms with Crippen molar-refractivity contribution in [1.29, 1.82) is 0 Å². The van der Waals surface area contributed by atoms with E-state index >= 15 is 0 Å². The lowest BCUT2D eigenvalue weighted by atomic mass is 10.1. The van der Waals surface area contributed by atoms with E-state index in [1.54, 1.807) is 4.90 Å². The molecule has 26 heavy (non-hydrogen) atoms. The molecule has 1 aliphatic heterocycles. The quantitative estimate of drug-likeness (QED) is 0.518. The molecule has 0 N–H and O–H groups in total. The van der Waals surface area contributed by atoms with Gasteiger partial charge in [-0.15, -0.1) is 0 Å². The Labute approximate surface area is 159 Å². The van der Waals surface area contributed by atoms with Crippen molar-refractivity contribution >= 4 is 20.4 Å². The fourth-order valence-electron chi connectivity index (χ4n) is 2.76. The van der Waals surface area contributed by atoms with E-state index in [2.05, 4.69) is 33.9 Å². The van der Waals surface area contributed by atoms with Crippen molar-refractivity contribution < 1.29 is 23.5 Å². The van der Waals surface area contributed by atoms with Crippen molar-refractivity contribution in [1.82, 2.24) is 4.90 Å². The van der Waals surface area contributed by atoms with Crippen LogP contribution in [0.1, 0.15) is 60.8 Å². The van der Waals surface area contributed by atoms with E-state index in [0.29, 0.717) is 13.0 Å². The fourth-order valence-corrected chi connectivity index (χ4v) is 4.11. The Morgan fingerprint density at radius 2 is 1.69 bits per heavy atom. The van der Waals surface area contributed by atoms with Crippen molar-refractivity contribution in [3.63, 3.8) is 0 Å². The van der Waals surface area contributed by atoms with Crippen LogP contribution in [0.15, 0.2) is 0 Å². The average Bonchev–Trinajstić information content (AvgIpc) is 2.84. The smallest absolute Gasteiger partial charge is 0.410 e. The molecule has 0 aromatic rings. The van der Waals surface area contributed by atoms with E-state index in [4.69, 9.17) is 13.9 Å². The summed E-state index contributed by atoms with van der Waals surface area (Å²) in [5.74, 6) is -0.261. The second-order valence-corrected chi connectivity index (χ2v) is 14.4. The average molecular weight is 388 g/mol. The van der Waals surface area contributed by atoms with Crippen molar-refractivity contribution in [3.05, 3.63) is 0 Å². The molecular formula is C19H37NO5Si. The van der Waals surface area contributed by atoms with Crippen molar-refractivity contribution in [3.8, 4) is 0 Å². The second-order valence-electron chi connectivity index (χ2n) is 9.64. The molecule has 1 fully saturated rings. The van der Waals surface area contributed by atoms with Gasteiger partial charge in [-0.3, -0.25) is 4.79 Å². The van der Waals surface area contributed by atoms with Gasteiger partial charge in [0.25, 0.3) is 0 Å². The first kappa shape index (κ1) is 23.0. The highest BCUT2D eigenvalue weighted by Crippen LogP contribution is 2.39. The van der Waals surface area contributed by atoms with Crippen LogP contribution in [0.3, 0.4) is 0 Å². The molecule has 1 amide bonds. The number of nitrogens with zero attached hydrogens (tertiary/aromatic N) is 1. The van der Waals surface area contributed by atoms with Gasteiger partial charge in [-0.2, -0.15) is 0 Å². The summed E-state index contributed by atoms with van der Waals surface area (Å²) in [5, 5.41) is 0.105. The molecule has 0 spiro atoms. The minimum absolute atomic E-state index is 0.0222. The van der Waals surface area contributed by atoms with Crippen LogP contribution in [0.5, 0.6) is 0 Å². The molecule has 0 unspecified atom stereocenters. The number of carbonyl (C=O) groups is 2. The van der Waals surface area contributed by atoms with Crippen molar-refractivity contribution in [2.45, 2.75) is 96.7 Å². The summed E-state index contributed by atoms with van der Waals surface area (Å²) in [5.41, 5.74) is -0.553. The number of hydrogen-bond donors (Lipinski definition) is 0. The highest BCUT2D eigenvalue weighted by Gasteiger charge is 2.44. The van der Waals surface area contributed by atoms with E-state index in [-0.39, 0.29) is 35.7 Å². The summed E-state index contributed by atoms with van der Waals surface area (Å²) in [6.45, 7) is 17.1. The SMILES string of the molecule is COC(=O)CC[C@@H]1C[C@@H](O[Si](C)(C)C(C)(C)C)CN1C(=O)OC(C)(C)C. The number of hydrogen-bond acceptors (Lipinski definition) is 5. The van der Waals surface area contributed by atoms with Gasteiger partial charge in [-0.05, 0) is 51.7 Å². The Morgan fingerprint density at radius 3 is 2.15 bits per heavy atom. The minimum Gasteiger partial charge on any atom is -0.469 e. The summed E-state index contributed by atoms with van der Waals surface area (Å²) in [6, 6.07) is -0.0706. The maximum Gasteiger partial charge on any atom is 0.410 e. The molecule has 0 aromatic heterocycles. The number of likely N-dealkylation sites (tertiary alicyclic amines) is 1. The minimum atomic E-state index is -1.93. The Hall–Kier alpha value is -1.08. The predicted octanol–water partition coefficient (Wildman–Crippen LogP) is 4.34. The van der Waals surface area contributed by atoms with E-state index in [9.17, 15) is 9.59 Å². The van der Waals surface area contributed by atoms with Crippen molar-refractivity contribution in [2.75, 3.05) is 13.7 Å². The van der Waals surface area contributed by atoms with Crippen LogP contribution in [0.4, 0.5) is 4.79 Å². The molecule has 1 saturated heterocycles. The molecule has 0 aromatic carbocycles. The molecule has 1 aliphatic rings. The van der Waals surface area contributed by atoms with Crippen LogP contribution < -0.4 is 0 Å². The van der Waals surface area contributed by atoms with Gasteiger partial charge < -0.3 is 18.8 Å². The predicted molar refractivity (Wildman–Crippen MR) is 105 cm³/mol. The van der Waals surface area contributed by atoms with Gasteiger partial charge in [0.1, 0.15) is 5.60 Å². The lowest BCUT2D eigenvalue weighted by Gasteiger charge is -2.38. The van der Waals surface area contributed by atoms with Crippen LogP contribution >= 0.6 is 0 Å². The van der Waals surface area contributed by atoms with Crippen LogP contribution in [0.25, 0.3) is 0 Å². The van der Waals surface area contributed by atoms with E-state index in [1.165, 1.54) is 7.11 Å². The molecule has 2 atom stereocenters. The third kappa shape index (κ3) is 6.58. The molecule has 1 rings (SSSR count). The Bertz CT molecular complexity index is 507. The molecule has 0 radical (unpaired) electrons. The monoisotopic (exact) mass is 387 g/mol. The number of methoxy groups -OCH3 is 1. The Kier molecular flexibility index (Phi) is 7.32. The van der Waals surface area contributed by atoms with Crippen LogP contribution in [0, 0.1) is 0 Å². The van der Waals surface area contributed by atoms with Gasteiger partial charge in [-0.1, -0.05) is 20.8 Å². The Morgan fingerprint density at radius 1 is 1.12 bits per heavy atom. The summed E-state index contributed by atoms with van der Waals surface area (Å²) in [6.07, 6.45) is 1.21. The summed E-state index contributed by atoms with van der Waals surface area (Å²) in [4.78, 5) is 25.9. The van der Waals surface area contributed by atoms with E-state index in [0.717, 1.165) is 6.42 Å². The lowest BCUT2D eigenvalue weighted by Crippen LogP contribution is -2.45. The number of rotatable bonds is 5. The molecular weight excluding hydrogens is 350 g/mol.